The van der Waals surface area contributed by atoms with Crippen molar-refractivity contribution >= 4 is 17.1 Å². The van der Waals surface area contributed by atoms with E-state index in [9.17, 15) is 0 Å². The number of amidine groups is 1. The molecule has 2 aliphatic rings. The SMILES string of the molecule is C1=C(C2=NC(c3ccccc3)=CC(c3ccccc3)N2)CCC(c2c(-c3ccccc3)c(-c3ccccc3)nc(-c3ccccc3)c2-c2ccccc2)=C1. The normalized spacial score (nSPS) is 15.3. The van der Waals surface area contributed by atoms with Crippen molar-refractivity contribution in [2.45, 2.75) is 18.9 Å². The first-order valence-electron chi connectivity index (χ1n) is 18.7. The lowest BCUT2D eigenvalue weighted by Crippen LogP contribution is -2.32. The molecular weight excluding hydrogens is 655 g/mol. The molecule has 0 saturated heterocycles. The van der Waals surface area contributed by atoms with Gasteiger partial charge in [0.05, 0.1) is 23.1 Å². The van der Waals surface area contributed by atoms with Gasteiger partial charge in [-0.15, -0.1) is 0 Å². The second kappa shape index (κ2) is 15.0. The molecule has 3 nitrogen and oxygen atoms in total. The zero-order valence-electron chi connectivity index (χ0n) is 29.9. The van der Waals surface area contributed by atoms with Crippen LogP contribution >= 0.6 is 0 Å². The summed E-state index contributed by atoms with van der Waals surface area (Å²) in [7, 11) is 0. The van der Waals surface area contributed by atoms with Crippen LogP contribution in [0, 0.1) is 0 Å². The van der Waals surface area contributed by atoms with Crippen LogP contribution in [0.3, 0.4) is 0 Å². The zero-order valence-corrected chi connectivity index (χ0v) is 29.9. The molecule has 6 aromatic carbocycles. The summed E-state index contributed by atoms with van der Waals surface area (Å²) in [6.07, 6.45) is 8.55. The largest absolute Gasteiger partial charge is 0.359 e. The van der Waals surface area contributed by atoms with Crippen molar-refractivity contribution in [3.8, 4) is 44.8 Å². The topological polar surface area (TPSA) is 37.3 Å². The molecule has 7 aromatic rings. The third-order valence-electron chi connectivity index (χ3n) is 10.3. The molecule has 0 radical (unpaired) electrons. The van der Waals surface area contributed by atoms with E-state index in [1.807, 2.05) is 0 Å². The van der Waals surface area contributed by atoms with Crippen LogP contribution in [0.15, 0.2) is 211 Å². The van der Waals surface area contributed by atoms with Gasteiger partial charge >= 0.3 is 0 Å². The van der Waals surface area contributed by atoms with Gasteiger partial charge in [0.25, 0.3) is 0 Å². The molecule has 2 heterocycles. The van der Waals surface area contributed by atoms with E-state index >= 15 is 0 Å². The molecule has 1 unspecified atom stereocenters. The van der Waals surface area contributed by atoms with Crippen LogP contribution in [0.2, 0.25) is 0 Å². The lowest BCUT2D eigenvalue weighted by Gasteiger charge is -2.28. The van der Waals surface area contributed by atoms with Crippen molar-refractivity contribution in [2.75, 3.05) is 0 Å². The summed E-state index contributed by atoms with van der Waals surface area (Å²) in [6, 6.07) is 64.0. The number of nitrogens with one attached hydrogen (secondary N) is 1. The Balaban J connectivity index is 1.26. The van der Waals surface area contributed by atoms with E-state index in [-0.39, 0.29) is 6.04 Å². The van der Waals surface area contributed by atoms with Crippen LogP contribution in [-0.2, 0) is 0 Å². The minimum atomic E-state index is 0.0107. The number of hydrogen-bond donors (Lipinski definition) is 1. The number of rotatable bonds is 8. The minimum Gasteiger partial charge on any atom is -0.359 e. The summed E-state index contributed by atoms with van der Waals surface area (Å²) in [5.41, 5.74) is 15.7. The van der Waals surface area contributed by atoms with Crippen LogP contribution < -0.4 is 5.32 Å². The summed E-state index contributed by atoms with van der Waals surface area (Å²) in [5, 5.41) is 3.80. The summed E-state index contributed by atoms with van der Waals surface area (Å²) in [4.78, 5) is 10.9. The average Bonchev–Trinajstić information content (AvgIpc) is 3.27. The third kappa shape index (κ3) is 6.64. The predicted molar refractivity (Wildman–Crippen MR) is 225 cm³/mol. The van der Waals surface area contributed by atoms with Crippen molar-refractivity contribution < 1.29 is 0 Å². The highest BCUT2D eigenvalue weighted by atomic mass is 15.0. The van der Waals surface area contributed by atoms with Gasteiger partial charge in [-0.05, 0) is 57.9 Å². The van der Waals surface area contributed by atoms with Crippen LogP contribution in [-0.4, -0.2) is 10.8 Å². The van der Waals surface area contributed by atoms with Crippen LogP contribution in [0.1, 0.15) is 35.6 Å². The fraction of sp³-hybridized carbons (Fsp3) is 0.0588. The second-order valence-electron chi connectivity index (χ2n) is 13.7. The molecule has 1 aliphatic heterocycles. The summed E-state index contributed by atoms with van der Waals surface area (Å²) < 4.78 is 0. The summed E-state index contributed by atoms with van der Waals surface area (Å²) >= 11 is 0. The van der Waals surface area contributed by atoms with Crippen molar-refractivity contribution in [2.24, 2.45) is 4.99 Å². The second-order valence-corrected chi connectivity index (χ2v) is 13.7. The quantitative estimate of drug-likeness (QED) is 0.172. The fourth-order valence-electron chi connectivity index (χ4n) is 7.64. The van der Waals surface area contributed by atoms with E-state index in [2.05, 4.69) is 206 Å². The number of benzene rings is 6. The highest BCUT2D eigenvalue weighted by Gasteiger charge is 2.28. The molecule has 0 bridgehead atoms. The Morgan fingerprint density at radius 2 is 0.815 bits per heavy atom. The number of aliphatic imine (C=N–C) groups is 1. The van der Waals surface area contributed by atoms with Gasteiger partial charge < -0.3 is 5.32 Å². The van der Waals surface area contributed by atoms with E-state index < -0.39 is 0 Å². The first kappa shape index (κ1) is 33.0. The van der Waals surface area contributed by atoms with Crippen LogP contribution in [0.25, 0.3) is 56.0 Å². The van der Waals surface area contributed by atoms with Crippen LogP contribution in [0.5, 0.6) is 0 Å². The monoisotopic (exact) mass is 693 g/mol. The van der Waals surface area contributed by atoms with Gasteiger partial charge in [0.2, 0.25) is 0 Å². The van der Waals surface area contributed by atoms with E-state index in [4.69, 9.17) is 9.98 Å². The van der Waals surface area contributed by atoms with Gasteiger partial charge in [-0.3, -0.25) is 0 Å². The molecule has 1 aromatic heterocycles. The van der Waals surface area contributed by atoms with E-state index in [1.54, 1.807) is 0 Å². The van der Waals surface area contributed by atoms with Gasteiger partial charge in [0.15, 0.2) is 0 Å². The van der Waals surface area contributed by atoms with Gasteiger partial charge in [-0.25, -0.2) is 9.98 Å². The fourth-order valence-corrected chi connectivity index (χ4v) is 7.64. The molecule has 0 spiro atoms. The molecule has 1 N–H and O–H groups in total. The average molecular weight is 694 g/mol. The molecule has 0 amide bonds. The maximum Gasteiger partial charge on any atom is 0.130 e. The molecule has 1 aliphatic carbocycles. The Morgan fingerprint density at radius 1 is 0.407 bits per heavy atom. The molecule has 0 saturated carbocycles. The molecule has 54 heavy (non-hydrogen) atoms. The van der Waals surface area contributed by atoms with E-state index in [1.165, 1.54) is 22.3 Å². The highest BCUT2D eigenvalue weighted by Crippen LogP contribution is 2.48. The molecule has 258 valence electrons. The number of hydrogen-bond acceptors (Lipinski definition) is 3. The van der Waals surface area contributed by atoms with E-state index in [0.29, 0.717) is 0 Å². The van der Waals surface area contributed by atoms with Crippen molar-refractivity contribution in [1.82, 2.24) is 10.3 Å². The Labute approximate surface area is 317 Å². The Hall–Kier alpha value is -6.84. The van der Waals surface area contributed by atoms with Crippen molar-refractivity contribution in [3.63, 3.8) is 0 Å². The van der Waals surface area contributed by atoms with Crippen LogP contribution in [0.4, 0.5) is 0 Å². The smallest absolute Gasteiger partial charge is 0.130 e. The molecule has 1 atom stereocenters. The van der Waals surface area contributed by atoms with Gasteiger partial charge in [0, 0.05) is 22.3 Å². The van der Waals surface area contributed by atoms with Gasteiger partial charge in [-0.2, -0.15) is 0 Å². The Bertz CT molecular complexity index is 2420. The van der Waals surface area contributed by atoms with Gasteiger partial charge in [-0.1, -0.05) is 194 Å². The maximum absolute atomic E-state index is 5.61. The highest BCUT2D eigenvalue weighted by molar-refractivity contribution is 6.06. The number of allylic oxidation sites excluding steroid dienone is 3. The minimum absolute atomic E-state index is 0.0107. The zero-order chi connectivity index (χ0) is 36.1. The van der Waals surface area contributed by atoms with Gasteiger partial charge in [0.1, 0.15) is 5.84 Å². The Morgan fingerprint density at radius 3 is 1.28 bits per heavy atom. The lowest BCUT2D eigenvalue weighted by atomic mass is 9.80. The number of pyridine rings is 1. The first-order valence-corrected chi connectivity index (χ1v) is 18.7. The maximum atomic E-state index is 5.61. The summed E-state index contributed by atoms with van der Waals surface area (Å²) in [6.45, 7) is 0. The van der Waals surface area contributed by atoms with Crippen molar-refractivity contribution in [3.05, 3.63) is 222 Å². The molecule has 9 rings (SSSR count). The standard InChI is InChI=1S/C51H39N3/c1-7-19-36(20-8-1)44-35-45(37-21-9-2-10-22-37)53-51(52-44)43-33-31-40(32-34-43)46-47(38-23-11-3-12-24-38)49(41-27-15-5-16-28-41)54-50(42-29-17-6-18-30-42)48(46)39-25-13-4-14-26-39/h1-31,33,35,44H,32,34H2,(H,52,53). The lowest BCUT2D eigenvalue weighted by molar-refractivity contribution is 0.774. The number of nitrogens with zero attached hydrogens (tertiary/aromatic N) is 2. The molecule has 0 fully saturated rings. The first-order chi connectivity index (χ1) is 26.8. The van der Waals surface area contributed by atoms with Crippen molar-refractivity contribution in [1.29, 1.82) is 0 Å². The summed E-state index contributed by atoms with van der Waals surface area (Å²) in [5.74, 6) is 0.928. The van der Waals surface area contributed by atoms with E-state index in [0.717, 1.165) is 74.7 Å². The Kier molecular flexibility index (Phi) is 9.19. The molecular formula is C51H39N3. The predicted octanol–water partition coefficient (Wildman–Crippen LogP) is 12.6. The number of aromatic nitrogens is 1. The third-order valence-corrected chi connectivity index (χ3v) is 10.3. The molecule has 3 heteroatoms.